The highest BCUT2D eigenvalue weighted by atomic mass is 32.2. The topological polar surface area (TPSA) is 111 Å². The van der Waals surface area contributed by atoms with Crippen LogP contribution in [0.4, 0.5) is 11.9 Å². The first kappa shape index (κ1) is 14.4. The summed E-state index contributed by atoms with van der Waals surface area (Å²) in [7, 11) is -1.36. The van der Waals surface area contributed by atoms with Crippen molar-refractivity contribution in [2.24, 2.45) is 0 Å². The molecule has 102 valence electrons. The van der Waals surface area contributed by atoms with E-state index in [1.807, 2.05) is 0 Å². The Morgan fingerprint density at radius 2 is 2.00 bits per heavy atom. The molecule has 1 aromatic rings. The van der Waals surface area contributed by atoms with E-state index in [4.69, 9.17) is 10.5 Å². The van der Waals surface area contributed by atoms with Crippen LogP contribution in [-0.4, -0.2) is 55.6 Å². The van der Waals surface area contributed by atoms with Crippen LogP contribution in [0.25, 0.3) is 0 Å². The molecule has 0 fully saturated rings. The molecule has 0 aliphatic carbocycles. The van der Waals surface area contributed by atoms with E-state index in [-0.39, 0.29) is 30.2 Å². The molecule has 0 aromatic carbocycles. The van der Waals surface area contributed by atoms with Gasteiger partial charge in [0.05, 0.1) is 12.4 Å². The fraction of sp³-hybridized carbons (Fsp3) is 0.667. The van der Waals surface area contributed by atoms with Crippen molar-refractivity contribution in [1.29, 1.82) is 0 Å². The second-order valence-corrected chi connectivity index (χ2v) is 6.02. The summed E-state index contributed by atoms with van der Waals surface area (Å²) in [5.41, 5.74) is 5.52. The Morgan fingerprint density at radius 1 is 1.33 bits per heavy atom. The zero-order valence-electron chi connectivity index (χ0n) is 10.6. The summed E-state index contributed by atoms with van der Waals surface area (Å²) in [6.45, 7) is 2.48. The fourth-order valence-electron chi connectivity index (χ4n) is 1.13. The van der Waals surface area contributed by atoms with Gasteiger partial charge in [-0.3, -0.25) is 0 Å². The predicted octanol–water partition coefficient (Wildman–Crippen LogP) is -0.667. The van der Waals surface area contributed by atoms with Crippen molar-refractivity contribution in [2.75, 3.05) is 42.8 Å². The largest absolute Gasteiger partial charge is 0.464 e. The van der Waals surface area contributed by atoms with Crippen molar-refractivity contribution in [3.05, 3.63) is 0 Å². The van der Waals surface area contributed by atoms with Crippen molar-refractivity contribution in [2.45, 2.75) is 6.92 Å². The van der Waals surface area contributed by atoms with Crippen molar-refractivity contribution < 1.29 is 13.2 Å². The third kappa shape index (κ3) is 4.70. The first-order chi connectivity index (χ1) is 8.31. The lowest BCUT2D eigenvalue weighted by Gasteiger charge is -2.16. The van der Waals surface area contributed by atoms with Gasteiger partial charge in [-0.1, -0.05) is 0 Å². The molecule has 0 amide bonds. The minimum Gasteiger partial charge on any atom is -0.464 e. The molecule has 0 aliphatic heterocycles. The highest BCUT2D eigenvalue weighted by Crippen LogP contribution is 2.12. The molecule has 18 heavy (non-hydrogen) atoms. The van der Waals surface area contributed by atoms with Gasteiger partial charge in [0.2, 0.25) is 11.9 Å². The van der Waals surface area contributed by atoms with Crippen molar-refractivity contribution >= 4 is 21.7 Å². The first-order valence-electron chi connectivity index (χ1n) is 5.35. The molecule has 0 spiro atoms. The van der Waals surface area contributed by atoms with Crippen LogP contribution >= 0.6 is 0 Å². The third-order valence-corrected chi connectivity index (χ3v) is 2.96. The molecule has 0 aliphatic rings. The number of nitrogens with zero attached hydrogens (tertiary/aromatic N) is 4. The SMILES string of the molecule is CCOc1nc(N)nc(N(C)CCS(C)(=O)=O)n1. The minimum absolute atomic E-state index is 0.0130. The molecule has 0 bridgehead atoms. The summed E-state index contributed by atoms with van der Waals surface area (Å²) in [6.07, 6.45) is 1.17. The van der Waals surface area contributed by atoms with E-state index in [0.717, 1.165) is 0 Å². The van der Waals surface area contributed by atoms with Gasteiger partial charge >= 0.3 is 6.01 Å². The van der Waals surface area contributed by atoms with Gasteiger partial charge in [-0.15, -0.1) is 0 Å². The first-order valence-corrected chi connectivity index (χ1v) is 7.41. The van der Waals surface area contributed by atoms with E-state index in [1.54, 1.807) is 18.9 Å². The van der Waals surface area contributed by atoms with Crippen molar-refractivity contribution in [3.63, 3.8) is 0 Å². The third-order valence-electron chi connectivity index (χ3n) is 2.03. The summed E-state index contributed by atoms with van der Waals surface area (Å²) in [5, 5.41) is 0. The molecule has 1 heterocycles. The van der Waals surface area contributed by atoms with Crippen LogP contribution in [-0.2, 0) is 9.84 Å². The number of hydrogen-bond donors (Lipinski definition) is 1. The Morgan fingerprint density at radius 3 is 2.56 bits per heavy atom. The number of rotatable bonds is 6. The van der Waals surface area contributed by atoms with Gasteiger partial charge in [-0.25, -0.2) is 8.42 Å². The number of hydrogen-bond acceptors (Lipinski definition) is 8. The van der Waals surface area contributed by atoms with Gasteiger partial charge in [-0.05, 0) is 6.92 Å². The Kier molecular flexibility index (Phi) is 4.65. The molecule has 8 nitrogen and oxygen atoms in total. The number of ether oxygens (including phenoxy) is 1. The lowest BCUT2D eigenvalue weighted by atomic mass is 10.6. The van der Waals surface area contributed by atoms with E-state index in [2.05, 4.69) is 15.0 Å². The number of sulfone groups is 1. The average Bonchev–Trinajstić information content (AvgIpc) is 2.24. The van der Waals surface area contributed by atoms with Crippen LogP contribution in [0.1, 0.15) is 6.92 Å². The van der Waals surface area contributed by atoms with Crippen LogP contribution < -0.4 is 15.4 Å². The van der Waals surface area contributed by atoms with E-state index < -0.39 is 9.84 Å². The van der Waals surface area contributed by atoms with Crippen LogP contribution in [0.15, 0.2) is 0 Å². The zero-order valence-corrected chi connectivity index (χ0v) is 11.4. The van der Waals surface area contributed by atoms with Gasteiger partial charge in [0.25, 0.3) is 0 Å². The summed E-state index contributed by atoms with van der Waals surface area (Å²) in [6, 6.07) is 0.131. The Balaban J connectivity index is 2.81. The molecule has 1 rings (SSSR count). The molecule has 0 radical (unpaired) electrons. The maximum atomic E-state index is 11.1. The highest BCUT2D eigenvalue weighted by Gasteiger charge is 2.11. The van der Waals surface area contributed by atoms with E-state index >= 15 is 0 Å². The zero-order chi connectivity index (χ0) is 13.8. The number of aromatic nitrogens is 3. The average molecular weight is 275 g/mol. The van der Waals surface area contributed by atoms with Gasteiger partial charge in [-0.2, -0.15) is 15.0 Å². The number of anilines is 2. The molecular formula is C9H17N5O3S. The van der Waals surface area contributed by atoms with Crippen LogP contribution in [0.5, 0.6) is 6.01 Å². The van der Waals surface area contributed by atoms with Gasteiger partial charge in [0, 0.05) is 19.8 Å². The minimum atomic E-state index is -3.03. The standard InChI is InChI=1S/C9H17N5O3S/c1-4-17-9-12-7(10)11-8(13-9)14(2)5-6-18(3,15)16/h4-6H2,1-3H3,(H2,10,11,12,13). The molecule has 0 saturated carbocycles. The molecule has 1 aromatic heterocycles. The van der Waals surface area contributed by atoms with Gasteiger partial charge in [0.15, 0.2) is 0 Å². The summed E-state index contributed by atoms with van der Waals surface area (Å²) >= 11 is 0. The molecule has 9 heteroatoms. The summed E-state index contributed by atoms with van der Waals surface area (Å²) in [4.78, 5) is 13.3. The monoisotopic (exact) mass is 275 g/mol. The van der Waals surface area contributed by atoms with Crippen molar-refractivity contribution in [1.82, 2.24) is 15.0 Å². The van der Waals surface area contributed by atoms with Crippen molar-refractivity contribution in [3.8, 4) is 6.01 Å². The molecule has 2 N–H and O–H groups in total. The summed E-state index contributed by atoms with van der Waals surface area (Å²) < 4.78 is 27.3. The second-order valence-electron chi connectivity index (χ2n) is 3.76. The number of nitrogen functional groups attached to an aromatic ring is 1. The molecule has 0 atom stereocenters. The van der Waals surface area contributed by atoms with Crippen LogP contribution in [0, 0.1) is 0 Å². The van der Waals surface area contributed by atoms with Gasteiger partial charge in [0.1, 0.15) is 9.84 Å². The predicted molar refractivity (Wildman–Crippen MR) is 68.4 cm³/mol. The Bertz CT molecular complexity index is 505. The quantitative estimate of drug-likeness (QED) is 0.727. The number of nitrogens with two attached hydrogens (primary N) is 1. The van der Waals surface area contributed by atoms with E-state index in [9.17, 15) is 8.42 Å². The highest BCUT2D eigenvalue weighted by molar-refractivity contribution is 7.90. The Hall–Kier alpha value is -1.64. The lowest BCUT2D eigenvalue weighted by Crippen LogP contribution is -2.27. The summed E-state index contributed by atoms with van der Waals surface area (Å²) in [5.74, 6) is 0.336. The molecule has 0 unspecified atom stereocenters. The maximum absolute atomic E-state index is 11.1. The smallest absolute Gasteiger partial charge is 0.323 e. The van der Waals surface area contributed by atoms with E-state index in [0.29, 0.717) is 6.61 Å². The van der Waals surface area contributed by atoms with E-state index in [1.165, 1.54) is 6.26 Å². The normalized spacial score (nSPS) is 11.3. The molecular weight excluding hydrogens is 258 g/mol. The van der Waals surface area contributed by atoms with Crippen LogP contribution in [0.3, 0.4) is 0 Å². The lowest BCUT2D eigenvalue weighted by molar-refractivity contribution is 0.312. The maximum Gasteiger partial charge on any atom is 0.323 e. The van der Waals surface area contributed by atoms with Gasteiger partial charge < -0.3 is 15.4 Å². The van der Waals surface area contributed by atoms with Crippen LogP contribution in [0.2, 0.25) is 0 Å². The second kappa shape index (κ2) is 5.80. The Labute approximate surface area is 106 Å². The fourth-order valence-corrected chi connectivity index (χ4v) is 1.73. The molecule has 0 saturated heterocycles.